The second kappa shape index (κ2) is 5.87. The minimum atomic E-state index is -5.80. The van der Waals surface area contributed by atoms with Crippen LogP contribution in [-0.4, -0.2) is 13.9 Å². The summed E-state index contributed by atoms with van der Waals surface area (Å²) in [5.41, 5.74) is -3.78. The van der Waals surface area contributed by atoms with Crippen LogP contribution < -0.4 is 4.18 Å². The van der Waals surface area contributed by atoms with E-state index in [1.165, 1.54) is 24.3 Å². The summed E-state index contributed by atoms with van der Waals surface area (Å²) >= 11 is 0. The summed E-state index contributed by atoms with van der Waals surface area (Å²) in [7, 11) is -5.80. The van der Waals surface area contributed by atoms with E-state index in [2.05, 4.69) is 4.18 Å². The Morgan fingerprint density at radius 2 is 1.64 bits per heavy atom. The second-order valence-electron chi connectivity index (χ2n) is 5.59. The van der Waals surface area contributed by atoms with Crippen molar-refractivity contribution in [2.45, 2.75) is 18.3 Å². The summed E-state index contributed by atoms with van der Waals surface area (Å²) in [4.78, 5) is 0. The van der Waals surface area contributed by atoms with Crippen LogP contribution in [0.2, 0.25) is 0 Å². The highest BCUT2D eigenvalue weighted by Crippen LogP contribution is 2.45. The summed E-state index contributed by atoms with van der Waals surface area (Å²) in [6, 6.07) is 9.93. The Morgan fingerprint density at radius 1 is 1.00 bits per heavy atom. The van der Waals surface area contributed by atoms with Crippen molar-refractivity contribution >= 4 is 16.2 Å². The predicted molar refractivity (Wildman–Crippen MR) is 83.9 cm³/mol. The lowest BCUT2D eigenvalue weighted by Gasteiger charge is -2.19. The van der Waals surface area contributed by atoms with Crippen molar-refractivity contribution in [1.29, 1.82) is 0 Å². The third kappa shape index (κ3) is 3.02. The van der Waals surface area contributed by atoms with Crippen LogP contribution in [0, 0.1) is 5.82 Å². The molecule has 132 valence electrons. The number of alkyl halides is 3. The van der Waals surface area contributed by atoms with Crippen LogP contribution in [0.3, 0.4) is 0 Å². The molecule has 0 aromatic heterocycles. The summed E-state index contributed by atoms with van der Waals surface area (Å²) < 4.78 is 78.9. The van der Waals surface area contributed by atoms with E-state index < -0.39 is 33.1 Å². The van der Waals surface area contributed by atoms with Gasteiger partial charge < -0.3 is 4.18 Å². The zero-order valence-electron chi connectivity index (χ0n) is 12.8. The normalized spacial score (nSPS) is 17.2. The number of allylic oxidation sites excluding steroid dienone is 1. The summed E-state index contributed by atoms with van der Waals surface area (Å²) in [6.45, 7) is 1.69. The first kappa shape index (κ1) is 17.5. The summed E-state index contributed by atoms with van der Waals surface area (Å²) in [5, 5.41) is 0. The number of hydrogen-bond donors (Lipinski definition) is 0. The monoisotopic (exact) mass is 372 g/mol. The molecule has 1 atom stereocenters. The molecule has 25 heavy (non-hydrogen) atoms. The van der Waals surface area contributed by atoms with E-state index in [1.54, 1.807) is 25.1 Å². The summed E-state index contributed by atoms with van der Waals surface area (Å²) in [5.74, 6) is -1.49. The number of halogens is 4. The smallest absolute Gasteiger partial charge is 0.376 e. The average molecular weight is 372 g/mol. The molecule has 0 spiro atoms. The lowest BCUT2D eigenvalue weighted by molar-refractivity contribution is -0.0500. The van der Waals surface area contributed by atoms with Gasteiger partial charge in [-0.25, -0.2) is 4.39 Å². The highest BCUT2D eigenvalue weighted by molar-refractivity contribution is 7.88. The van der Waals surface area contributed by atoms with Gasteiger partial charge in [-0.15, -0.1) is 0 Å². The van der Waals surface area contributed by atoms with Crippen molar-refractivity contribution in [1.82, 2.24) is 0 Å². The zero-order valence-corrected chi connectivity index (χ0v) is 13.7. The van der Waals surface area contributed by atoms with E-state index in [-0.39, 0.29) is 5.56 Å². The van der Waals surface area contributed by atoms with Gasteiger partial charge in [0.15, 0.2) is 0 Å². The Kier molecular flexibility index (Phi) is 4.10. The largest absolute Gasteiger partial charge is 0.534 e. The molecule has 3 rings (SSSR count). The highest BCUT2D eigenvalue weighted by Gasteiger charge is 2.49. The van der Waals surface area contributed by atoms with Crippen LogP contribution in [0.1, 0.15) is 29.5 Å². The molecule has 1 aliphatic carbocycles. The highest BCUT2D eigenvalue weighted by atomic mass is 32.2. The fourth-order valence-corrected chi connectivity index (χ4v) is 3.37. The van der Waals surface area contributed by atoms with E-state index >= 15 is 0 Å². The molecule has 0 N–H and O–H groups in total. The van der Waals surface area contributed by atoms with Crippen LogP contribution in [0.5, 0.6) is 5.75 Å². The van der Waals surface area contributed by atoms with E-state index in [9.17, 15) is 26.0 Å². The number of hydrogen-bond acceptors (Lipinski definition) is 3. The maximum Gasteiger partial charge on any atom is 0.534 e. The Morgan fingerprint density at radius 3 is 2.32 bits per heavy atom. The van der Waals surface area contributed by atoms with Crippen molar-refractivity contribution < 1.29 is 30.2 Å². The van der Waals surface area contributed by atoms with Crippen LogP contribution in [0.25, 0.3) is 6.08 Å². The Hall–Kier alpha value is -2.35. The van der Waals surface area contributed by atoms with E-state index in [0.717, 1.165) is 6.07 Å². The standard InChI is InChI=1S/C17H12F4O3S/c1-10-9-13-11(6-4-7-14(13)18)16(10)12-5-2-3-8-15(12)24-25(22,23)17(19,20)21/h2-9,16H,1H3. The summed E-state index contributed by atoms with van der Waals surface area (Å²) in [6.07, 6.45) is 1.59. The molecule has 0 amide bonds. The number of rotatable bonds is 3. The molecule has 0 radical (unpaired) electrons. The van der Waals surface area contributed by atoms with Crippen LogP contribution >= 0.6 is 0 Å². The molecular weight excluding hydrogens is 360 g/mol. The zero-order chi connectivity index (χ0) is 18.4. The predicted octanol–water partition coefficient (Wildman–Crippen LogP) is 4.60. The minimum Gasteiger partial charge on any atom is -0.376 e. The lowest BCUT2D eigenvalue weighted by Crippen LogP contribution is -2.28. The molecule has 1 aliphatic rings. The molecule has 2 aromatic carbocycles. The van der Waals surface area contributed by atoms with Gasteiger partial charge in [0.2, 0.25) is 0 Å². The maximum absolute atomic E-state index is 14.0. The van der Waals surface area contributed by atoms with Gasteiger partial charge in [0.25, 0.3) is 0 Å². The Balaban J connectivity index is 2.10. The van der Waals surface area contributed by atoms with Gasteiger partial charge >= 0.3 is 15.6 Å². The molecule has 1 unspecified atom stereocenters. The van der Waals surface area contributed by atoms with Gasteiger partial charge in [-0.1, -0.05) is 42.0 Å². The van der Waals surface area contributed by atoms with E-state index in [0.29, 0.717) is 16.7 Å². The quantitative estimate of drug-likeness (QED) is 0.449. The van der Waals surface area contributed by atoms with Crippen LogP contribution in [-0.2, 0) is 10.1 Å². The fraction of sp³-hybridized carbons (Fsp3) is 0.176. The third-order valence-electron chi connectivity index (χ3n) is 3.94. The molecule has 0 heterocycles. The van der Waals surface area contributed by atoms with Crippen molar-refractivity contribution in [2.75, 3.05) is 0 Å². The van der Waals surface area contributed by atoms with Crippen molar-refractivity contribution in [3.8, 4) is 5.75 Å². The van der Waals surface area contributed by atoms with E-state index in [1.807, 2.05) is 0 Å². The molecule has 3 nitrogen and oxygen atoms in total. The van der Waals surface area contributed by atoms with Gasteiger partial charge in [-0.2, -0.15) is 21.6 Å². The fourth-order valence-electron chi connectivity index (χ4n) is 2.89. The number of para-hydroxylation sites is 1. The van der Waals surface area contributed by atoms with Crippen molar-refractivity contribution in [3.63, 3.8) is 0 Å². The molecule has 8 heteroatoms. The molecule has 0 saturated carbocycles. The second-order valence-corrected chi connectivity index (χ2v) is 7.12. The van der Waals surface area contributed by atoms with Gasteiger partial charge in [0, 0.05) is 17.0 Å². The number of benzene rings is 2. The minimum absolute atomic E-state index is 0.216. The first-order valence-electron chi connectivity index (χ1n) is 7.18. The van der Waals surface area contributed by atoms with Crippen molar-refractivity contribution in [3.05, 3.63) is 70.5 Å². The average Bonchev–Trinajstić information content (AvgIpc) is 2.84. The molecule has 0 fully saturated rings. The number of fused-ring (bicyclic) bond motifs is 1. The molecular formula is C17H12F4O3S. The van der Waals surface area contributed by atoms with E-state index in [4.69, 9.17) is 0 Å². The maximum atomic E-state index is 14.0. The molecule has 0 saturated heterocycles. The third-order valence-corrected chi connectivity index (χ3v) is 4.90. The van der Waals surface area contributed by atoms with Gasteiger partial charge in [0.05, 0.1) is 0 Å². The first-order valence-corrected chi connectivity index (χ1v) is 8.59. The Labute approximate surface area is 141 Å². The molecule has 0 bridgehead atoms. The first-order chi connectivity index (χ1) is 11.6. The van der Waals surface area contributed by atoms with Gasteiger partial charge in [-0.3, -0.25) is 0 Å². The molecule has 2 aromatic rings. The van der Waals surface area contributed by atoms with Gasteiger partial charge in [-0.05, 0) is 24.6 Å². The lowest BCUT2D eigenvalue weighted by atomic mass is 9.88. The Bertz CT molecular complexity index is 962. The SMILES string of the molecule is CC1=Cc2c(F)cccc2C1c1ccccc1OS(=O)(=O)C(F)(F)F. The topological polar surface area (TPSA) is 43.4 Å². The van der Waals surface area contributed by atoms with Crippen LogP contribution in [0.4, 0.5) is 17.6 Å². The van der Waals surface area contributed by atoms with Gasteiger partial charge in [0.1, 0.15) is 11.6 Å². The van der Waals surface area contributed by atoms with Crippen LogP contribution in [0.15, 0.2) is 48.0 Å². The molecule has 0 aliphatic heterocycles. The van der Waals surface area contributed by atoms with Crippen molar-refractivity contribution in [2.24, 2.45) is 0 Å².